The second kappa shape index (κ2) is 4.94. The van der Waals surface area contributed by atoms with Crippen LogP contribution in [0.25, 0.3) is 0 Å². The SMILES string of the molecule is CCS(=O)(=O)N(CC(=O)O)C1CCCC1. The molecule has 1 saturated carbocycles. The fraction of sp³-hybridized carbons (Fsp3) is 0.889. The van der Waals surface area contributed by atoms with Gasteiger partial charge in [-0.15, -0.1) is 0 Å². The highest BCUT2D eigenvalue weighted by Gasteiger charge is 2.32. The summed E-state index contributed by atoms with van der Waals surface area (Å²) in [6.45, 7) is 1.14. The first-order chi connectivity index (χ1) is 6.97. The lowest BCUT2D eigenvalue weighted by molar-refractivity contribution is -0.137. The zero-order chi connectivity index (χ0) is 11.5. The van der Waals surface area contributed by atoms with Crippen molar-refractivity contribution in [1.29, 1.82) is 0 Å². The van der Waals surface area contributed by atoms with Gasteiger partial charge in [0.15, 0.2) is 0 Å². The van der Waals surface area contributed by atoms with E-state index in [-0.39, 0.29) is 11.8 Å². The molecule has 0 atom stereocenters. The lowest BCUT2D eigenvalue weighted by Crippen LogP contribution is -2.42. The van der Waals surface area contributed by atoms with Crippen LogP contribution in [0.2, 0.25) is 0 Å². The summed E-state index contributed by atoms with van der Waals surface area (Å²) in [5, 5.41) is 8.70. The molecule has 1 fully saturated rings. The molecule has 0 unspecified atom stereocenters. The molecule has 0 aliphatic heterocycles. The van der Waals surface area contributed by atoms with Crippen molar-refractivity contribution >= 4 is 16.0 Å². The van der Waals surface area contributed by atoms with Crippen LogP contribution in [0, 0.1) is 0 Å². The Balaban J connectivity index is 2.81. The van der Waals surface area contributed by atoms with Gasteiger partial charge in [-0.05, 0) is 19.8 Å². The fourth-order valence-electron chi connectivity index (χ4n) is 1.95. The smallest absolute Gasteiger partial charge is 0.318 e. The molecule has 1 aliphatic rings. The average molecular weight is 235 g/mol. The molecule has 1 rings (SSSR count). The van der Waals surface area contributed by atoms with Gasteiger partial charge in [0.2, 0.25) is 10.0 Å². The predicted octanol–water partition coefficient (Wildman–Crippen LogP) is 0.665. The van der Waals surface area contributed by atoms with Crippen LogP contribution < -0.4 is 0 Å². The molecule has 0 aromatic carbocycles. The number of rotatable bonds is 5. The standard InChI is InChI=1S/C9H17NO4S/c1-2-15(13,14)10(7-9(11)12)8-5-3-4-6-8/h8H,2-7H2,1H3,(H,11,12). The molecule has 0 amide bonds. The van der Waals surface area contributed by atoms with E-state index in [9.17, 15) is 13.2 Å². The van der Waals surface area contributed by atoms with Gasteiger partial charge in [0.05, 0.1) is 5.75 Å². The fourth-order valence-corrected chi connectivity index (χ4v) is 3.25. The molecule has 5 nitrogen and oxygen atoms in total. The van der Waals surface area contributed by atoms with Crippen molar-refractivity contribution in [3.63, 3.8) is 0 Å². The third-order valence-corrected chi connectivity index (χ3v) is 4.62. The molecule has 6 heteroatoms. The van der Waals surface area contributed by atoms with E-state index in [2.05, 4.69) is 0 Å². The zero-order valence-electron chi connectivity index (χ0n) is 8.85. The number of aliphatic carboxylic acids is 1. The summed E-state index contributed by atoms with van der Waals surface area (Å²) >= 11 is 0. The molecule has 0 aromatic rings. The van der Waals surface area contributed by atoms with Gasteiger partial charge in [-0.25, -0.2) is 8.42 Å². The van der Waals surface area contributed by atoms with Crippen molar-refractivity contribution in [2.24, 2.45) is 0 Å². The number of hydrogen-bond acceptors (Lipinski definition) is 3. The Morgan fingerprint density at radius 1 is 1.40 bits per heavy atom. The summed E-state index contributed by atoms with van der Waals surface area (Å²) in [6.07, 6.45) is 3.54. The highest BCUT2D eigenvalue weighted by molar-refractivity contribution is 7.89. The predicted molar refractivity (Wildman–Crippen MR) is 56.1 cm³/mol. The van der Waals surface area contributed by atoms with Gasteiger partial charge < -0.3 is 5.11 Å². The van der Waals surface area contributed by atoms with Crippen molar-refractivity contribution in [2.45, 2.75) is 38.6 Å². The monoisotopic (exact) mass is 235 g/mol. The van der Waals surface area contributed by atoms with Crippen molar-refractivity contribution in [1.82, 2.24) is 4.31 Å². The van der Waals surface area contributed by atoms with Crippen LogP contribution in [0.5, 0.6) is 0 Å². The van der Waals surface area contributed by atoms with Crippen LogP contribution >= 0.6 is 0 Å². The first-order valence-electron chi connectivity index (χ1n) is 5.18. The third kappa shape index (κ3) is 3.17. The van der Waals surface area contributed by atoms with Crippen LogP contribution in [0.15, 0.2) is 0 Å². The Bertz CT molecular complexity index is 319. The molecule has 0 radical (unpaired) electrons. The molecule has 1 N–H and O–H groups in total. The summed E-state index contributed by atoms with van der Waals surface area (Å²) < 4.78 is 24.5. The number of carbonyl (C=O) groups is 1. The number of sulfonamides is 1. The average Bonchev–Trinajstić information content (AvgIpc) is 2.66. The lowest BCUT2D eigenvalue weighted by atomic mass is 10.2. The first kappa shape index (κ1) is 12.4. The molecule has 15 heavy (non-hydrogen) atoms. The summed E-state index contributed by atoms with van der Waals surface area (Å²) in [7, 11) is -3.39. The van der Waals surface area contributed by atoms with Crippen molar-refractivity contribution in [2.75, 3.05) is 12.3 Å². The lowest BCUT2D eigenvalue weighted by Gasteiger charge is -2.25. The highest BCUT2D eigenvalue weighted by Crippen LogP contribution is 2.25. The van der Waals surface area contributed by atoms with Gasteiger partial charge in [-0.3, -0.25) is 4.79 Å². The molecule has 88 valence electrons. The second-order valence-electron chi connectivity index (χ2n) is 3.78. The molecular weight excluding hydrogens is 218 g/mol. The quantitative estimate of drug-likeness (QED) is 0.759. The summed E-state index contributed by atoms with van der Waals surface area (Å²) in [5.74, 6) is -1.12. The summed E-state index contributed by atoms with van der Waals surface area (Å²) in [4.78, 5) is 10.6. The third-order valence-electron chi connectivity index (χ3n) is 2.75. The van der Waals surface area contributed by atoms with Gasteiger partial charge >= 0.3 is 5.97 Å². The van der Waals surface area contributed by atoms with Crippen LogP contribution in [0.1, 0.15) is 32.6 Å². The maximum atomic E-state index is 11.7. The number of hydrogen-bond donors (Lipinski definition) is 1. The Hall–Kier alpha value is -0.620. The highest BCUT2D eigenvalue weighted by atomic mass is 32.2. The van der Waals surface area contributed by atoms with Crippen LogP contribution in [-0.2, 0) is 14.8 Å². The van der Waals surface area contributed by atoms with Crippen LogP contribution in [-0.4, -0.2) is 42.1 Å². The molecule has 1 aliphatic carbocycles. The van der Waals surface area contributed by atoms with Gasteiger partial charge in [-0.1, -0.05) is 12.8 Å². The summed E-state index contributed by atoms with van der Waals surface area (Å²) in [5.41, 5.74) is 0. The Morgan fingerprint density at radius 2 is 1.93 bits per heavy atom. The maximum absolute atomic E-state index is 11.7. The van der Waals surface area contributed by atoms with Gasteiger partial charge in [0.25, 0.3) is 0 Å². The minimum absolute atomic E-state index is 0.0310. The van der Waals surface area contributed by atoms with E-state index in [1.807, 2.05) is 0 Å². The number of nitrogens with zero attached hydrogens (tertiary/aromatic N) is 1. The van der Waals surface area contributed by atoms with E-state index in [1.54, 1.807) is 6.92 Å². The molecule has 0 bridgehead atoms. The molecular formula is C9H17NO4S. The Labute approximate surface area is 90.1 Å². The van der Waals surface area contributed by atoms with Gasteiger partial charge in [0, 0.05) is 6.04 Å². The zero-order valence-corrected chi connectivity index (χ0v) is 9.66. The molecule has 0 saturated heterocycles. The largest absolute Gasteiger partial charge is 0.480 e. The Morgan fingerprint density at radius 3 is 2.33 bits per heavy atom. The van der Waals surface area contributed by atoms with Gasteiger partial charge in [0.1, 0.15) is 6.54 Å². The van der Waals surface area contributed by atoms with Crippen molar-refractivity contribution in [3.8, 4) is 0 Å². The van der Waals surface area contributed by atoms with Crippen LogP contribution in [0.4, 0.5) is 0 Å². The van der Waals surface area contributed by atoms with Crippen LogP contribution in [0.3, 0.4) is 0 Å². The second-order valence-corrected chi connectivity index (χ2v) is 5.99. The number of carboxylic acid groups (broad SMARTS) is 1. The summed E-state index contributed by atoms with van der Waals surface area (Å²) in [6, 6.07) is -0.106. The maximum Gasteiger partial charge on any atom is 0.318 e. The van der Waals surface area contributed by atoms with E-state index in [0.717, 1.165) is 30.0 Å². The van der Waals surface area contributed by atoms with Crippen molar-refractivity contribution in [3.05, 3.63) is 0 Å². The molecule has 0 spiro atoms. The minimum Gasteiger partial charge on any atom is -0.480 e. The van der Waals surface area contributed by atoms with E-state index in [1.165, 1.54) is 0 Å². The van der Waals surface area contributed by atoms with E-state index in [0.29, 0.717) is 0 Å². The van der Waals surface area contributed by atoms with E-state index in [4.69, 9.17) is 5.11 Å². The van der Waals surface area contributed by atoms with Crippen molar-refractivity contribution < 1.29 is 18.3 Å². The Kier molecular flexibility index (Phi) is 4.10. The minimum atomic E-state index is -3.39. The van der Waals surface area contributed by atoms with Gasteiger partial charge in [-0.2, -0.15) is 4.31 Å². The number of carboxylic acids is 1. The molecule has 0 heterocycles. The topological polar surface area (TPSA) is 74.7 Å². The van der Waals surface area contributed by atoms with E-state index >= 15 is 0 Å². The molecule has 0 aromatic heterocycles. The van der Waals surface area contributed by atoms with E-state index < -0.39 is 22.5 Å². The normalized spacial score (nSPS) is 18.5. The first-order valence-corrected chi connectivity index (χ1v) is 6.79.